The number of fused-ring (bicyclic) bond motifs is 2. The second-order valence-electron chi connectivity index (χ2n) is 8.95. The van der Waals surface area contributed by atoms with Crippen molar-refractivity contribution in [1.82, 2.24) is 19.0 Å². The molecule has 5 rings (SSSR count). The van der Waals surface area contributed by atoms with Crippen molar-refractivity contribution >= 4 is 57.5 Å². The van der Waals surface area contributed by atoms with Crippen LogP contribution in [0, 0.1) is 3.95 Å². The van der Waals surface area contributed by atoms with E-state index in [1.165, 1.54) is 23.1 Å². The number of esters is 1. The van der Waals surface area contributed by atoms with Gasteiger partial charge in [-0.25, -0.2) is 9.78 Å². The number of thiazole rings is 1. The second kappa shape index (κ2) is 12.5. The van der Waals surface area contributed by atoms with Crippen LogP contribution in [0.1, 0.15) is 36.7 Å². The van der Waals surface area contributed by atoms with E-state index in [2.05, 4.69) is 0 Å². The van der Waals surface area contributed by atoms with E-state index in [-0.39, 0.29) is 37.2 Å². The summed E-state index contributed by atoms with van der Waals surface area (Å²) in [5.41, 5.74) is 2.03. The molecule has 0 saturated carbocycles. The van der Waals surface area contributed by atoms with Gasteiger partial charge in [-0.1, -0.05) is 29.2 Å². The minimum absolute atomic E-state index is 0.0410. The fourth-order valence-electron chi connectivity index (χ4n) is 4.42. The Morgan fingerprint density at radius 3 is 2.54 bits per heavy atom. The van der Waals surface area contributed by atoms with Gasteiger partial charge in [-0.3, -0.25) is 18.7 Å². The molecule has 0 saturated heterocycles. The standard InChI is InChI=1S/C28H28N4O6S3/c1-4-30(5-2)22(33)15-40-27-29-24-23(25(34)31(27)14-17-7-12-20-21(13-17)38-16-37-20)41-28(39)32(24)19-10-8-18(9-11-19)26(35)36-6-3/h7-13H,4-6,14-16H2,1-3H3. The zero-order chi connectivity index (χ0) is 29.1. The van der Waals surface area contributed by atoms with Gasteiger partial charge in [0.05, 0.1) is 24.5 Å². The van der Waals surface area contributed by atoms with E-state index in [0.717, 1.165) is 5.56 Å². The number of rotatable bonds is 10. The molecule has 1 aliphatic heterocycles. The van der Waals surface area contributed by atoms with Crippen LogP contribution >= 0.6 is 35.3 Å². The molecule has 214 valence electrons. The summed E-state index contributed by atoms with van der Waals surface area (Å²) < 4.78 is 20.1. The molecular weight excluding hydrogens is 585 g/mol. The van der Waals surface area contributed by atoms with Crippen molar-refractivity contribution in [3.8, 4) is 17.2 Å². The maximum atomic E-state index is 13.9. The predicted octanol–water partition coefficient (Wildman–Crippen LogP) is 4.89. The molecule has 10 nitrogen and oxygen atoms in total. The molecule has 1 aliphatic rings. The van der Waals surface area contributed by atoms with Gasteiger partial charge in [0.15, 0.2) is 26.3 Å². The molecule has 1 amide bonds. The molecule has 0 bridgehead atoms. The summed E-state index contributed by atoms with van der Waals surface area (Å²) in [6.45, 7) is 7.45. The van der Waals surface area contributed by atoms with Gasteiger partial charge in [0.2, 0.25) is 12.7 Å². The van der Waals surface area contributed by atoms with Gasteiger partial charge in [0.25, 0.3) is 5.56 Å². The molecule has 0 spiro atoms. The molecule has 0 fully saturated rings. The van der Waals surface area contributed by atoms with E-state index in [1.54, 1.807) is 45.2 Å². The predicted molar refractivity (Wildman–Crippen MR) is 160 cm³/mol. The number of ether oxygens (including phenoxy) is 3. The van der Waals surface area contributed by atoms with E-state index in [1.807, 2.05) is 32.0 Å². The number of amides is 1. The van der Waals surface area contributed by atoms with Crippen LogP contribution in [0.3, 0.4) is 0 Å². The first-order chi connectivity index (χ1) is 19.8. The molecule has 13 heteroatoms. The van der Waals surface area contributed by atoms with Gasteiger partial charge in [-0.2, -0.15) is 0 Å². The van der Waals surface area contributed by atoms with Crippen molar-refractivity contribution in [3.05, 3.63) is 67.9 Å². The molecule has 4 aromatic rings. The highest BCUT2D eigenvalue weighted by molar-refractivity contribution is 7.99. The maximum absolute atomic E-state index is 13.9. The van der Waals surface area contributed by atoms with Crippen molar-refractivity contribution in [2.45, 2.75) is 32.5 Å². The third-order valence-electron chi connectivity index (χ3n) is 6.51. The van der Waals surface area contributed by atoms with Crippen molar-refractivity contribution in [2.24, 2.45) is 0 Å². The van der Waals surface area contributed by atoms with Gasteiger partial charge < -0.3 is 19.1 Å². The zero-order valence-electron chi connectivity index (χ0n) is 22.7. The SMILES string of the molecule is CCOC(=O)c1ccc(-n2c(=S)sc3c(=O)n(Cc4ccc5c(c4)OCO5)c(SCC(=O)N(CC)CC)nc32)cc1. The second-order valence-corrected chi connectivity index (χ2v) is 11.5. The molecule has 0 N–H and O–H groups in total. The van der Waals surface area contributed by atoms with Gasteiger partial charge in [0, 0.05) is 18.8 Å². The average molecular weight is 613 g/mol. The molecular formula is C28H28N4O6S3. The smallest absolute Gasteiger partial charge is 0.338 e. The monoisotopic (exact) mass is 612 g/mol. The van der Waals surface area contributed by atoms with E-state index >= 15 is 0 Å². The van der Waals surface area contributed by atoms with Crippen LogP contribution in [0.2, 0.25) is 0 Å². The molecule has 41 heavy (non-hydrogen) atoms. The number of benzene rings is 2. The zero-order valence-corrected chi connectivity index (χ0v) is 25.2. The van der Waals surface area contributed by atoms with Gasteiger partial charge in [-0.15, -0.1) is 0 Å². The Balaban J connectivity index is 1.58. The van der Waals surface area contributed by atoms with Crippen LogP contribution in [0.5, 0.6) is 11.5 Å². The fourth-order valence-corrected chi connectivity index (χ4v) is 6.64. The molecule has 0 unspecified atom stereocenters. The fraction of sp³-hybridized carbons (Fsp3) is 0.321. The first-order valence-electron chi connectivity index (χ1n) is 13.1. The Labute approximate surface area is 249 Å². The minimum Gasteiger partial charge on any atom is -0.462 e. The summed E-state index contributed by atoms with van der Waals surface area (Å²) in [6, 6.07) is 12.3. The van der Waals surface area contributed by atoms with E-state index in [9.17, 15) is 14.4 Å². The third-order valence-corrected chi connectivity index (χ3v) is 8.83. The summed E-state index contributed by atoms with van der Waals surface area (Å²) in [5, 5.41) is 0.394. The highest BCUT2D eigenvalue weighted by Gasteiger charge is 2.21. The highest BCUT2D eigenvalue weighted by Crippen LogP contribution is 2.33. The Kier molecular flexibility index (Phi) is 8.76. The molecule has 0 atom stereocenters. The lowest BCUT2D eigenvalue weighted by molar-refractivity contribution is -0.127. The Morgan fingerprint density at radius 1 is 1.10 bits per heavy atom. The molecule has 2 aromatic heterocycles. The quantitative estimate of drug-likeness (QED) is 0.107. The Bertz CT molecular complexity index is 1720. The Morgan fingerprint density at radius 2 is 1.83 bits per heavy atom. The van der Waals surface area contributed by atoms with Crippen LogP contribution in [0.25, 0.3) is 16.0 Å². The topological polar surface area (TPSA) is 105 Å². The molecule has 3 heterocycles. The largest absolute Gasteiger partial charge is 0.462 e. The van der Waals surface area contributed by atoms with Crippen molar-refractivity contribution in [1.29, 1.82) is 0 Å². The summed E-state index contributed by atoms with van der Waals surface area (Å²) in [4.78, 5) is 45.5. The molecule has 0 aliphatic carbocycles. The number of carbonyl (C=O) groups is 2. The van der Waals surface area contributed by atoms with Gasteiger partial charge in [-0.05, 0) is 75.0 Å². The lowest BCUT2D eigenvalue weighted by Crippen LogP contribution is -2.32. The summed E-state index contributed by atoms with van der Waals surface area (Å²) in [5.74, 6) is 0.932. The first kappa shape index (κ1) is 28.8. The van der Waals surface area contributed by atoms with Crippen LogP contribution in [-0.4, -0.2) is 63.1 Å². The lowest BCUT2D eigenvalue weighted by atomic mass is 10.2. The maximum Gasteiger partial charge on any atom is 0.338 e. The van der Waals surface area contributed by atoms with Gasteiger partial charge >= 0.3 is 5.97 Å². The van der Waals surface area contributed by atoms with E-state index in [4.69, 9.17) is 31.4 Å². The number of thioether (sulfide) groups is 1. The number of carbonyl (C=O) groups excluding carboxylic acids is 2. The Hall–Kier alpha value is -3.68. The third kappa shape index (κ3) is 5.88. The van der Waals surface area contributed by atoms with Crippen molar-refractivity contribution < 1.29 is 23.8 Å². The molecule has 2 aromatic carbocycles. The van der Waals surface area contributed by atoms with Crippen molar-refractivity contribution in [3.63, 3.8) is 0 Å². The number of hydrogen-bond acceptors (Lipinski definition) is 10. The van der Waals surface area contributed by atoms with Crippen LogP contribution in [0.15, 0.2) is 52.4 Å². The average Bonchev–Trinajstić information content (AvgIpc) is 3.58. The molecule has 0 radical (unpaired) electrons. The first-order valence-corrected chi connectivity index (χ1v) is 15.3. The number of aromatic nitrogens is 3. The van der Waals surface area contributed by atoms with E-state index < -0.39 is 5.97 Å². The summed E-state index contributed by atoms with van der Waals surface area (Å²) in [6.07, 6.45) is 0. The highest BCUT2D eigenvalue weighted by atomic mass is 32.2. The van der Waals surface area contributed by atoms with Crippen molar-refractivity contribution in [2.75, 3.05) is 32.2 Å². The number of nitrogens with zero attached hydrogens (tertiary/aromatic N) is 4. The lowest BCUT2D eigenvalue weighted by Gasteiger charge is -2.19. The van der Waals surface area contributed by atoms with Gasteiger partial charge in [0.1, 0.15) is 4.70 Å². The number of hydrogen-bond donors (Lipinski definition) is 0. The minimum atomic E-state index is -0.418. The van der Waals surface area contributed by atoms with E-state index in [0.29, 0.717) is 55.3 Å². The van der Waals surface area contributed by atoms with Crippen LogP contribution < -0.4 is 15.0 Å². The summed E-state index contributed by atoms with van der Waals surface area (Å²) >= 11 is 8.05. The summed E-state index contributed by atoms with van der Waals surface area (Å²) in [7, 11) is 0. The van der Waals surface area contributed by atoms with Crippen LogP contribution in [-0.2, 0) is 16.1 Å². The van der Waals surface area contributed by atoms with Crippen LogP contribution in [0.4, 0.5) is 0 Å². The normalized spacial score (nSPS) is 12.1.